The van der Waals surface area contributed by atoms with E-state index in [0.29, 0.717) is 28.7 Å². The fourth-order valence-corrected chi connectivity index (χ4v) is 2.51. The summed E-state index contributed by atoms with van der Waals surface area (Å²) in [7, 11) is 0. The molecule has 0 bridgehead atoms. The van der Waals surface area contributed by atoms with E-state index in [-0.39, 0.29) is 11.6 Å². The van der Waals surface area contributed by atoms with Gasteiger partial charge in [-0.2, -0.15) is 5.26 Å². The van der Waals surface area contributed by atoms with Crippen LogP contribution in [0.3, 0.4) is 0 Å². The van der Waals surface area contributed by atoms with Crippen LogP contribution in [0, 0.1) is 11.3 Å². The molecule has 0 aliphatic carbocycles. The number of nitriles is 1. The van der Waals surface area contributed by atoms with E-state index in [1.54, 1.807) is 24.3 Å². The van der Waals surface area contributed by atoms with Gasteiger partial charge in [0.25, 0.3) is 5.91 Å². The zero-order valence-electron chi connectivity index (χ0n) is 15.1. The highest BCUT2D eigenvalue weighted by atomic mass is 16.1. The fraction of sp³-hybridized carbons (Fsp3) is 0.143. The smallest absolute Gasteiger partial charge is 0.274 e. The van der Waals surface area contributed by atoms with Gasteiger partial charge in [0.2, 0.25) is 0 Å². The van der Waals surface area contributed by atoms with Crippen LogP contribution in [0.25, 0.3) is 0 Å². The number of anilines is 3. The third kappa shape index (κ3) is 4.67. The van der Waals surface area contributed by atoms with Crippen LogP contribution >= 0.6 is 0 Å². The van der Waals surface area contributed by atoms with E-state index in [2.05, 4.69) is 40.5 Å². The van der Waals surface area contributed by atoms with E-state index in [1.807, 2.05) is 30.3 Å². The predicted molar refractivity (Wildman–Crippen MR) is 105 cm³/mol. The van der Waals surface area contributed by atoms with Gasteiger partial charge in [-0.15, -0.1) is 0 Å². The number of amides is 1. The molecular weight excluding hydrogens is 338 g/mol. The van der Waals surface area contributed by atoms with Crippen LogP contribution < -0.4 is 10.6 Å². The molecular formula is C21H19N5O. The van der Waals surface area contributed by atoms with Crippen molar-refractivity contribution in [2.75, 3.05) is 10.6 Å². The highest BCUT2D eigenvalue weighted by molar-refractivity contribution is 6.03. The van der Waals surface area contributed by atoms with E-state index in [9.17, 15) is 4.79 Å². The first-order valence-electron chi connectivity index (χ1n) is 8.55. The summed E-state index contributed by atoms with van der Waals surface area (Å²) in [6.45, 7) is 4.24. The molecule has 3 aromatic rings. The Hall–Kier alpha value is -3.72. The summed E-state index contributed by atoms with van der Waals surface area (Å²) in [6, 6.07) is 18.4. The van der Waals surface area contributed by atoms with Gasteiger partial charge in [-0.25, -0.2) is 9.97 Å². The van der Waals surface area contributed by atoms with Crippen molar-refractivity contribution in [1.29, 1.82) is 5.26 Å². The second-order valence-electron chi connectivity index (χ2n) is 6.34. The lowest BCUT2D eigenvalue weighted by atomic mass is 10.0. The summed E-state index contributed by atoms with van der Waals surface area (Å²) < 4.78 is 0. The summed E-state index contributed by atoms with van der Waals surface area (Å²) in [6.07, 6.45) is 1.33. The zero-order chi connectivity index (χ0) is 19.2. The average Bonchev–Trinajstić information content (AvgIpc) is 2.68. The molecule has 0 spiro atoms. The summed E-state index contributed by atoms with van der Waals surface area (Å²) in [5.41, 5.74) is 3.41. The van der Waals surface area contributed by atoms with Crippen molar-refractivity contribution in [3.63, 3.8) is 0 Å². The Kier molecular flexibility index (Phi) is 5.43. The molecule has 6 nitrogen and oxygen atoms in total. The van der Waals surface area contributed by atoms with Gasteiger partial charge in [-0.05, 0) is 41.8 Å². The molecule has 0 saturated carbocycles. The van der Waals surface area contributed by atoms with Crippen LogP contribution in [0.15, 0.2) is 60.9 Å². The molecule has 1 heterocycles. The molecule has 0 aliphatic heterocycles. The summed E-state index contributed by atoms with van der Waals surface area (Å²) >= 11 is 0. The largest absolute Gasteiger partial charge is 0.340 e. The Morgan fingerprint density at radius 2 is 1.81 bits per heavy atom. The first-order valence-corrected chi connectivity index (χ1v) is 8.55. The lowest BCUT2D eigenvalue weighted by molar-refractivity contribution is 0.102. The van der Waals surface area contributed by atoms with Crippen molar-refractivity contribution in [1.82, 2.24) is 9.97 Å². The summed E-state index contributed by atoms with van der Waals surface area (Å²) in [4.78, 5) is 20.6. The van der Waals surface area contributed by atoms with Crippen LogP contribution in [0.5, 0.6) is 0 Å². The molecule has 27 heavy (non-hydrogen) atoms. The summed E-state index contributed by atoms with van der Waals surface area (Å²) in [5.74, 6) is 0.591. The topological polar surface area (TPSA) is 90.7 Å². The number of hydrogen-bond donors (Lipinski definition) is 2. The highest BCUT2D eigenvalue weighted by Crippen LogP contribution is 2.19. The van der Waals surface area contributed by atoms with Gasteiger partial charge in [0.1, 0.15) is 17.8 Å². The number of aromatic nitrogens is 2. The van der Waals surface area contributed by atoms with Crippen molar-refractivity contribution in [2.24, 2.45) is 0 Å². The van der Waals surface area contributed by atoms with Crippen molar-refractivity contribution < 1.29 is 4.79 Å². The van der Waals surface area contributed by atoms with Crippen molar-refractivity contribution >= 4 is 23.1 Å². The van der Waals surface area contributed by atoms with E-state index in [0.717, 1.165) is 0 Å². The highest BCUT2D eigenvalue weighted by Gasteiger charge is 2.10. The number of carbonyl (C=O) groups excluding carboxylic acids is 1. The number of nitrogens with one attached hydrogen (secondary N) is 2. The third-order valence-electron chi connectivity index (χ3n) is 4.00. The molecule has 0 fully saturated rings. The van der Waals surface area contributed by atoms with Gasteiger partial charge in [0.05, 0.1) is 11.6 Å². The van der Waals surface area contributed by atoms with E-state index in [4.69, 9.17) is 5.26 Å². The Morgan fingerprint density at radius 3 is 2.52 bits per heavy atom. The molecule has 1 amide bonds. The maximum Gasteiger partial charge on any atom is 0.274 e. The van der Waals surface area contributed by atoms with Gasteiger partial charge in [0, 0.05) is 17.4 Å². The molecule has 0 unspecified atom stereocenters. The molecule has 2 aromatic carbocycles. The normalized spacial score (nSPS) is 10.3. The first kappa shape index (κ1) is 18.1. The van der Waals surface area contributed by atoms with Crippen molar-refractivity contribution in [2.45, 2.75) is 19.8 Å². The van der Waals surface area contributed by atoms with Gasteiger partial charge >= 0.3 is 0 Å². The minimum absolute atomic E-state index is 0.247. The molecule has 2 N–H and O–H groups in total. The lowest BCUT2D eigenvalue weighted by Gasteiger charge is -2.09. The molecule has 0 aliphatic rings. The minimum Gasteiger partial charge on any atom is -0.340 e. The van der Waals surface area contributed by atoms with Crippen molar-refractivity contribution in [3.8, 4) is 6.07 Å². The van der Waals surface area contributed by atoms with Crippen LogP contribution in [-0.4, -0.2) is 15.9 Å². The second kappa shape index (κ2) is 8.11. The van der Waals surface area contributed by atoms with E-state index >= 15 is 0 Å². The monoisotopic (exact) mass is 357 g/mol. The Balaban J connectivity index is 1.72. The average molecular weight is 357 g/mol. The Morgan fingerprint density at radius 1 is 1.04 bits per heavy atom. The second-order valence-corrected chi connectivity index (χ2v) is 6.34. The van der Waals surface area contributed by atoms with Crippen LogP contribution in [-0.2, 0) is 0 Å². The van der Waals surface area contributed by atoms with Crippen LogP contribution in [0.2, 0.25) is 0 Å². The SMILES string of the molecule is CC(C)c1ccc(NC(=O)c2cc(Nc3cccc(C#N)c3)ncn2)cc1. The number of benzene rings is 2. The third-order valence-corrected chi connectivity index (χ3v) is 4.00. The predicted octanol–water partition coefficient (Wildman–Crippen LogP) is 4.47. The van der Waals surface area contributed by atoms with Gasteiger partial charge in [-0.1, -0.05) is 32.0 Å². The zero-order valence-corrected chi connectivity index (χ0v) is 15.1. The lowest BCUT2D eigenvalue weighted by Crippen LogP contribution is -2.14. The van der Waals surface area contributed by atoms with Crippen LogP contribution in [0.1, 0.15) is 41.4 Å². The number of hydrogen-bond acceptors (Lipinski definition) is 5. The minimum atomic E-state index is -0.316. The molecule has 0 saturated heterocycles. The Labute approximate surface area is 157 Å². The first-order chi connectivity index (χ1) is 13.0. The molecule has 0 atom stereocenters. The van der Waals surface area contributed by atoms with Gasteiger partial charge in [0.15, 0.2) is 0 Å². The quantitative estimate of drug-likeness (QED) is 0.703. The Bertz CT molecular complexity index is 990. The van der Waals surface area contributed by atoms with E-state index < -0.39 is 0 Å². The maximum absolute atomic E-state index is 12.5. The van der Waals surface area contributed by atoms with Gasteiger partial charge < -0.3 is 10.6 Å². The van der Waals surface area contributed by atoms with Crippen LogP contribution in [0.4, 0.5) is 17.2 Å². The molecule has 0 radical (unpaired) electrons. The number of rotatable bonds is 5. The number of carbonyl (C=O) groups is 1. The fourth-order valence-electron chi connectivity index (χ4n) is 2.51. The summed E-state index contributed by atoms with van der Waals surface area (Å²) in [5, 5.41) is 14.9. The van der Waals surface area contributed by atoms with E-state index in [1.165, 1.54) is 11.9 Å². The van der Waals surface area contributed by atoms with Crippen molar-refractivity contribution in [3.05, 3.63) is 77.7 Å². The maximum atomic E-state index is 12.5. The molecule has 1 aromatic heterocycles. The standard InChI is InChI=1S/C21H19N5O/c1-14(2)16-6-8-17(9-7-16)26-21(27)19-11-20(24-13-23-19)25-18-5-3-4-15(10-18)12-22/h3-11,13-14H,1-2H3,(H,26,27)(H,23,24,25). The molecule has 134 valence electrons. The van der Waals surface area contributed by atoms with Gasteiger partial charge in [-0.3, -0.25) is 4.79 Å². The molecule has 6 heteroatoms. The molecule has 3 rings (SSSR count). The number of nitrogens with zero attached hydrogens (tertiary/aromatic N) is 3.